The number of benzene rings is 1. The van der Waals surface area contributed by atoms with E-state index < -0.39 is 9.73 Å². The predicted octanol–water partition coefficient (Wildman–Crippen LogP) is 4.56. The number of pyridine rings is 1. The van der Waals surface area contributed by atoms with Gasteiger partial charge < -0.3 is 14.9 Å². The van der Waals surface area contributed by atoms with E-state index >= 15 is 0 Å². The number of hydrogen-bond donors (Lipinski definition) is 3. The minimum absolute atomic E-state index is 0.0829. The SMILES string of the molecule is CC1CCC(Nc2ccc(S(C)(=N)=O)cc2-c2cn(C)c(=O)c3[nH]ccc23)CC1. The van der Waals surface area contributed by atoms with Crippen molar-refractivity contribution >= 4 is 26.3 Å². The molecule has 0 saturated heterocycles. The molecule has 0 bridgehead atoms. The number of fused-ring (bicyclic) bond motifs is 1. The fourth-order valence-corrected chi connectivity index (χ4v) is 4.89. The third kappa shape index (κ3) is 3.83. The molecule has 0 amide bonds. The molecular weight excluding hydrogens is 384 g/mol. The maximum absolute atomic E-state index is 12.5. The van der Waals surface area contributed by atoms with E-state index in [-0.39, 0.29) is 5.56 Å². The molecule has 1 aromatic carbocycles. The molecule has 7 heteroatoms. The highest BCUT2D eigenvalue weighted by molar-refractivity contribution is 7.91. The zero-order chi connectivity index (χ0) is 20.8. The Morgan fingerprint density at radius 1 is 1.17 bits per heavy atom. The minimum Gasteiger partial charge on any atom is -0.382 e. The van der Waals surface area contributed by atoms with Crippen LogP contribution in [0.1, 0.15) is 32.6 Å². The van der Waals surface area contributed by atoms with Crippen molar-refractivity contribution in [2.45, 2.75) is 43.5 Å². The molecule has 6 nitrogen and oxygen atoms in total. The average molecular weight is 413 g/mol. The van der Waals surface area contributed by atoms with E-state index in [1.54, 1.807) is 23.9 Å². The molecule has 1 atom stereocenters. The monoisotopic (exact) mass is 412 g/mol. The number of rotatable bonds is 4. The van der Waals surface area contributed by atoms with Gasteiger partial charge in [0.2, 0.25) is 0 Å². The van der Waals surface area contributed by atoms with E-state index in [9.17, 15) is 9.00 Å². The first-order valence-corrected chi connectivity index (χ1v) is 12.0. The van der Waals surface area contributed by atoms with Crippen LogP contribution in [0.5, 0.6) is 0 Å². The van der Waals surface area contributed by atoms with Crippen LogP contribution in [0.15, 0.2) is 46.3 Å². The largest absolute Gasteiger partial charge is 0.382 e. The Hall–Kier alpha value is -2.54. The highest BCUT2D eigenvalue weighted by Crippen LogP contribution is 2.36. The summed E-state index contributed by atoms with van der Waals surface area (Å²) < 4.78 is 22.0. The summed E-state index contributed by atoms with van der Waals surface area (Å²) in [5.41, 5.74) is 3.19. The fourth-order valence-electron chi connectivity index (χ4n) is 4.22. The van der Waals surface area contributed by atoms with Crippen LogP contribution in [0.4, 0.5) is 5.69 Å². The minimum atomic E-state index is -2.85. The number of nitrogens with one attached hydrogen (secondary N) is 3. The molecule has 0 aliphatic heterocycles. The van der Waals surface area contributed by atoms with Crippen molar-refractivity contribution in [3.05, 3.63) is 47.0 Å². The smallest absolute Gasteiger partial charge is 0.274 e. The quantitative estimate of drug-likeness (QED) is 0.587. The maximum Gasteiger partial charge on any atom is 0.274 e. The lowest BCUT2D eigenvalue weighted by atomic mass is 9.87. The summed E-state index contributed by atoms with van der Waals surface area (Å²) in [6, 6.07) is 7.85. The zero-order valence-electron chi connectivity index (χ0n) is 17.1. The normalized spacial score (nSPS) is 21.8. The fraction of sp³-hybridized carbons (Fsp3) is 0.409. The lowest BCUT2D eigenvalue weighted by molar-refractivity contribution is 0.361. The molecule has 1 saturated carbocycles. The number of anilines is 1. The van der Waals surface area contributed by atoms with Crippen LogP contribution in [0, 0.1) is 10.7 Å². The number of aromatic amines is 1. The van der Waals surface area contributed by atoms with Gasteiger partial charge in [0.25, 0.3) is 5.56 Å². The van der Waals surface area contributed by atoms with Crippen LogP contribution in [-0.2, 0) is 16.8 Å². The molecule has 4 rings (SSSR count). The van der Waals surface area contributed by atoms with Gasteiger partial charge in [-0.1, -0.05) is 6.92 Å². The number of aromatic nitrogens is 2. The molecule has 1 unspecified atom stereocenters. The van der Waals surface area contributed by atoms with Gasteiger partial charge in [-0.15, -0.1) is 0 Å². The molecule has 1 fully saturated rings. The highest BCUT2D eigenvalue weighted by atomic mass is 32.2. The Labute approximate surface area is 171 Å². The van der Waals surface area contributed by atoms with Crippen LogP contribution >= 0.6 is 0 Å². The number of aryl methyl sites for hydroxylation is 1. The standard InChI is InChI=1S/C22H28N4O2S/c1-14-4-6-15(7-5-14)25-20-9-8-16(29(3,23)28)12-18(20)19-13-26(2)22(27)21-17(19)10-11-24-21/h8-15,23-25H,4-7H2,1-3H3. The summed E-state index contributed by atoms with van der Waals surface area (Å²) in [5, 5.41) is 4.52. The molecular formula is C22H28N4O2S. The molecule has 1 aliphatic carbocycles. The Kier molecular flexibility index (Phi) is 5.02. The Balaban J connectivity index is 1.87. The van der Waals surface area contributed by atoms with Gasteiger partial charge in [-0.05, 0) is 55.9 Å². The first kappa shape index (κ1) is 19.8. The first-order chi connectivity index (χ1) is 13.7. The van der Waals surface area contributed by atoms with Crippen molar-refractivity contribution in [2.24, 2.45) is 13.0 Å². The second-order valence-corrected chi connectivity index (χ2v) is 10.5. The van der Waals surface area contributed by atoms with Gasteiger partial charge in [0, 0.05) is 58.8 Å². The molecule has 3 N–H and O–H groups in total. The highest BCUT2D eigenvalue weighted by Gasteiger charge is 2.21. The summed E-state index contributed by atoms with van der Waals surface area (Å²) >= 11 is 0. The van der Waals surface area contributed by atoms with Gasteiger partial charge in [0.05, 0.1) is 9.73 Å². The van der Waals surface area contributed by atoms with Crippen LogP contribution in [0.2, 0.25) is 0 Å². The third-order valence-electron chi connectivity index (χ3n) is 6.00. The van der Waals surface area contributed by atoms with Gasteiger partial charge in [-0.3, -0.25) is 4.79 Å². The summed E-state index contributed by atoms with van der Waals surface area (Å²) in [6.45, 7) is 2.30. The molecule has 0 spiro atoms. The van der Waals surface area contributed by atoms with Crippen LogP contribution < -0.4 is 10.9 Å². The number of H-pyrrole nitrogens is 1. The number of nitrogens with zero attached hydrogens (tertiary/aromatic N) is 1. The average Bonchev–Trinajstić information content (AvgIpc) is 3.16. The summed E-state index contributed by atoms with van der Waals surface area (Å²) in [7, 11) is -1.12. The van der Waals surface area contributed by atoms with Crippen LogP contribution in [0.25, 0.3) is 22.0 Å². The number of hydrogen-bond acceptors (Lipinski definition) is 4. The molecule has 1 aliphatic rings. The summed E-state index contributed by atoms with van der Waals surface area (Å²) in [6.07, 6.45) is 9.70. The molecule has 3 aromatic rings. The van der Waals surface area contributed by atoms with E-state index in [4.69, 9.17) is 4.78 Å². The van der Waals surface area contributed by atoms with Crippen molar-refractivity contribution < 1.29 is 4.21 Å². The topological polar surface area (TPSA) is 90.7 Å². The van der Waals surface area contributed by atoms with E-state index in [0.717, 1.165) is 41.0 Å². The Bertz CT molecular complexity index is 1220. The summed E-state index contributed by atoms with van der Waals surface area (Å²) in [4.78, 5) is 16.0. The van der Waals surface area contributed by atoms with Crippen LogP contribution in [-0.4, -0.2) is 26.1 Å². The second-order valence-electron chi connectivity index (χ2n) is 8.38. The van der Waals surface area contributed by atoms with Crippen molar-refractivity contribution in [1.29, 1.82) is 4.78 Å². The van der Waals surface area contributed by atoms with E-state index in [0.29, 0.717) is 16.5 Å². The van der Waals surface area contributed by atoms with Crippen molar-refractivity contribution in [3.63, 3.8) is 0 Å². The van der Waals surface area contributed by atoms with Gasteiger partial charge in [-0.2, -0.15) is 0 Å². The molecule has 0 radical (unpaired) electrons. The van der Waals surface area contributed by atoms with E-state index in [1.807, 2.05) is 24.4 Å². The first-order valence-electron chi connectivity index (χ1n) is 10.1. The van der Waals surface area contributed by atoms with Crippen molar-refractivity contribution in [2.75, 3.05) is 11.6 Å². The van der Waals surface area contributed by atoms with Gasteiger partial charge in [-0.25, -0.2) is 8.99 Å². The molecule has 154 valence electrons. The van der Waals surface area contributed by atoms with Crippen molar-refractivity contribution in [1.82, 2.24) is 9.55 Å². The van der Waals surface area contributed by atoms with Gasteiger partial charge in [0.15, 0.2) is 0 Å². The second kappa shape index (κ2) is 7.37. The lowest BCUT2D eigenvalue weighted by Crippen LogP contribution is -2.25. The molecule has 2 heterocycles. The molecule has 29 heavy (non-hydrogen) atoms. The third-order valence-corrected chi connectivity index (χ3v) is 7.15. The van der Waals surface area contributed by atoms with E-state index in [2.05, 4.69) is 17.2 Å². The van der Waals surface area contributed by atoms with Crippen molar-refractivity contribution in [3.8, 4) is 11.1 Å². The van der Waals surface area contributed by atoms with E-state index in [1.165, 1.54) is 19.1 Å². The van der Waals surface area contributed by atoms with Gasteiger partial charge in [0.1, 0.15) is 5.52 Å². The van der Waals surface area contributed by atoms with Gasteiger partial charge >= 0.3 is 0 Å². The van der Waals surface area contributed by atoms with Crippen LogP contribution in [0.3, 0.4) is 0 Å². The Morgan fingerprint density at radius 3 is 2.59 bits per heavy atom. The zero-order valence-corrected chi connectivity index (χ0v) is 17.9. The molecule has 2 aromatic heterocycles. The lowest BCUT2D eigenvalue weighted by Gasteiger charge is -2.29. The summed E-state index contributed by atoms with van der Waals surface area (Å²) in [5.74, 6) is 0.770. The Morgan fingerprint density at radius 2 is 1.90 bits per heavy atom. The predicted molar refractivity (Wildman–Crippen MR) is 119 cm³/mol. The maximum atomic E-state index is 12.5.